The molecule has 0 saturated carbocycles. The van der Waals surface area contributed by atoms with E-state index in [9.17, 15) is 0 Å². The van der Waals surface area contributed by atoms with Crippen molar-refractivity contribution in [3.63, 3.8) is 0 Å². The molecule has 0 atom stereocenters. The highest BCUT2D eigenvalue weighted by molar-refractivity contribution is 5.85. The van der Waals surface area contributed by atoms with Crippen LogP contribution >= 0.6 is 0 Å². The number of nitrogen functional groups attached to an aromatic ring is 2. The van der Waals surface area contributed by atoms with Crippen molar-refractivity contribution in [3.05, 3.63) is 42.0 Å². The summed E-state index contributed by atoms with van der Waals surface area (Å²) in [5.74, 6) is 0.525. The Morgan fingerprint density at radius 1 is 1.00 bits per heavy atom. The second-order valence-corrected chi connectivity index (χ2v) is 4.23. The van der Waals surface area contributed by atoms with Gasteiger partial charge in [-0.1, -0.05) is 12.1 Å². The molecule has 90 valence electrons. The third-order valence-corrected chi connectivity index (χ3v) is 3.05. The number of nitrogens with zero attached hydrogens (tertiary/aromatic N) is 1. The smallest absolute Gasteiger partial charge is 0.229 e. The molecule has 0 saturated heterocycles. The average Bonchev–Trinajstić information content (AvgIpc) is 2.79. The number of aromatic nitrogens is 1. The maximum atomic E-state index is 5.92. The Balaban J connectivity index is 2.26. The molecule has 0 aliphatic heterocycles. The van der Waals surface area contributed by atoms with Crippen LogP contribution in [0.15, 0.2) is 40.8 Å². The first-order valence-corrected chi connectivity index (χ1v) is 5.67. The lowest BCUT2D eigenvalue weighted by molar-refractivity contribution is 0.620. The van der Waals surface area contributed by atoms with Crippen molar-refractivity contribution in [2.45, 2.75) is 6.92 Å². The van der Waals surface area contributed by atoms with Crippen molar-refractivity contribution in [2.24, 2.45) is 0 Å². The molecule has 3 aromatic rings. The molecule has 4 N–H and O–H groups in total. The molecule has 0 unspecified atom stereocenters. The lowest BCUT2D eigenvalue weighted by atomic mass is 10.1. The van der Waals surface area contributed by atoms with Crippen molar-refractivity contribution in [1.29, 1.82) is 0 Å². The first-order chi connectivity index (χ1) is 8.66. The van der Waals surface area contributed by atoms with E-state index >= 15 is 0 Å². The van der Waals surface area contributed by atoms with Crippen LogP contribution in [0.3, 0.4) is 0 Å². The van der Waals surface area contributed by atoms with Crippen LogP contribution in [0.5, 0.6) is 0 Å². The van der Waals surface area contributed by atoms with E-state index in [0.29, 0.717) is 17.3 Å². The van der Waals surface area contributed by atoms with Crippen molar-refractivity contribution in [2.75, 3.05) is 11.5 Å². The van der Waals surface area contributed by atoms with E-state index in [2.05, 4.69) is 4.98 Å². The predicted molar refractivity (Wildman–Crippen MR) is 73.0 cm³/mol. The van der Waals surface area contributed by atoms with Crippen molar-refractivity contribution in [1.82, 2.24) is 4.98 Å². The Labute approximate surface area is 104 Å². The molecule has 1 heterocycles. The Hall–Kier alpha value is -2.49. The van der Waals surface area contributed by atoms with E-state index in [1.54, 1.807) is 0 Å². The number of oxazole rings is 1. The summed E-state index contributed by atoms with van der Waals surface area (Å²) in [6.45, 7) is 1.93. The quantitative estimate of drug-likeness (QED) is 0.640. The molecule has 1 aromatic heterocycles. The molecule has 0 radical (unpaired) electrons. The van der Waals surface area contributed by atoms with E-state index in [4.69, 9.17) is 15.9 Å². The zero-order valence-corrected chi connectivity index (χ0v) is 9.97. The monoisotopic (exact) mass is 239 g/mol. The minimum Gasteiger partial charge on any atom is -0.436 e. The van der Waals surface area contributed by atoms with E-state index in [0.717, 1.165) is 22.2 Å². The second kappa shape index (κ2) is 3.77. The summed E-state index contributed by atoms with van der Waals surface area (Å²) in [6.07, 6.45) is 0. The van der Waals surface area contributed by atoms with Gasteiger partial charge in [-0.2, -0.15) is 0 Å². The van der Waals surface area contributed by atoms with Crippen LogP contribution in [0, 0.1) is 6.92 Å². The number of hydrogen-bond donors (Lipinski definition) is 2. The van der Waals surface area contributed by atoms with Crippen molar-refractivity contribution < 1.29 is 4.42 Å². The van der Waals surface area contributed by atoms with Crippen LogP contribution in [0.25, 0.3) is 22.6 Å². The van der Waals surface area contributed by atoms with Crippen molar-refractivity contribution >= 4 is 22.5 Å². The van der Waals surface area contributed by atoms with Gasteiger partial charge < -0.3 is 15.9 Å². The minimum absolute atomic E-state index is 0.525. The van der Waals surface area contributed by atoms with Gasteiger partial charge in [0.1, 0.15) is 5.52 Å². The number of nitrogens with two attached hydrogens (primary N) is 2. The molecule has 0 aliphatic carbocycles. The van der Waals surface area contributed by atoms with Gasteiger partial charge >= 0.3 is 0 Å². The molecule has 4 nitrogen and oxygen atoms in total. The predicted octanol–water partition coefficient (Wildman–Crippen LogP) is 2.97. The number of fused-ring (bicyclic) bond motifs is 1. The lowest BCUT2D eigenvalue weighted by Crippen LogP contribution is -1.90. The van der Waals surface area contributed by atoms with Crippen LogP contribution in [0.1, 0.15) is 5.56 Å². The third kappa shape index (κ3) is 1.50. The highest BCUT2D eigenvalue weighted by atomic mass is 16.3. The number of hydrogen-bond acceptors (Lipinski definition) is 4. The molecule has 0 aliphatic rings. The normalized spacial score (nSPS) is 10.9. The maximum absolute atomic E-state index is 5.92. The van der Waals surface area contributed by atoms with Gasteiger partial charge in [-0.3, -0.25) is 0 Å². The highest BCUT2D eigenvalue weighted by Crippen LogP contribution is 2.30. The summed E-state index contributed by atoms with van der Waals surface area (Å²) in [5.41, 5.74) is 16.4. The first-order valence-electron chi connectivity index (χ1n) is 5.67. The second-order valence-electron chi connectivity index (χ2n) is 4.23. The third-order valence-electron chi connectivity index (χ3n) is 3.05. The fourth-order valence-electron chi connectivity index (χ4n) is 1.95. The summed E-state index contributed by atoms with van der Waals surface area (Å²) < 4.78 is 5.72. The number of benzene rings is 2. The van der Waals surface area contributed by atoms with Gasteiger partial charge in [0.25, 0.3) is 0 Å². The van der Waals surface area contributed by atoms with Gasteiger partial charge in [0, 0.05) is 16.9 Å². The van der Waals surface area contributed by atoms with Gasteiger partial charge in [0.2, 0.25) is 5.89 Å². The summed E-state index contributed by atoms with van der Waals surface area (Å²) >= 11 is 0. The minimum atomic E-state index is 0.525. The average molecular weight is 239 g/mol. The molecule has 0 spiro atoms. The summed E-state index contributed by atoms with van der Waals surface area (Å²) in [4.78, 5) is 4.48. The summed E-state index contributed by atoms with van der Waals surface area (Å²) in [7, 11) is 0. The highest BCUT2D eigenvalue weighted by Gasteiger charge is 2.12. The van der Waals surface area contributed by atoms with Gasteiger partial charge in [-0.25, -0.2) is 4.98 Å². The van der Waals surface area contributed by atoms with E-state index in [1.165, 1.54) is 0 Å². The van der Waals surface area contributed by atoms with Gasteiger partial charge in [-0.05, 0) is 31.2 Å². The van der Waals surface area contributed by atoms with Crippen molar-refractivity contribution in [3.8, 4) is 11.5 Å². The standard InChI is InChI=1S/C14H13N3O/c1-8-10(15)6-7-12-13(8)17-14(18-12)9-4-2-3-5-11(9)16/h2-7H,15-16H2,1H3. The zero-order chi connectivity index (χ0) is 12.7. The van der Waals surface area contributed by atoms with E-state index < -0.39 is 0 Å². The Kier molecular flexibility index (Phi) is 2.23. The molecule has 18 heavy (non-hydrogen) atoms. The topological polar surface area (TPSA) is 78.1 Å². The number of rotatable bonds is 1. The molecule has 0 fully saturated rings. The number of aryl methyl sites for hydroxylation is 1. The van der Waals surface area contributed by atoms with Crippen LogP contribution in [0.4, 0.5) is 11.4 Å². The lowest BCUT2D eigenvalue weighted by Gasteiger charge is -1.98. The molecule has 0 bridgehead atoms. The summed E-state index contributed by atoms with van der Waals surface area (Å²) in [6, 6.07) is 11.1. The Bertz CT molecular complexity index is 731. The van der Waals surface area contributed by atoms with Crippen LogP contribution < -0.4 is 11.5 Å². The van der Waals surface area contributed by atoms with Gasteiger partial charge in [0.05, 0.1) is 5.56 Å². The molecule has 2 aromatic carbocycles. The molecule has 0 amide bonds. The van der Waals surface area contributed by atoms with Crippen LogP contribution in [0.2, 0.25) is 0 Å². The van der Waals surface area contributed by atoms with Gasteiger partial charge in [0.15, 0.2) is 5.58 Å². The van der Waals surface area contributed by atoms with E-state index in [1.807, 2.05) is 43.3 Å². The first kappa shape index (κ1) is 10.7. The fraction of sp³-hybridized carbons (Fsp3) is 0.0714. The van der Waals surface area contributed by atoms with Crippen LogP contribution in [-0.2, 0) is 0 Å². The SMILES string of the molecule is Cc1c(N)ccc2oc(-c3ccccc3N)nc12. The molecular weight excluding hydrogens is 226 g/mol. The zero-order valence-electron chi connectivity index (χ0n) is 9.97. The molecule has 4 heteroatoms. The van der Waals surface area contributed by atoms with Gasteiger partial charge in [-0.15, -0.1) is 0 Å². The van der Waals surface area contributed by atoms with Crippen LogP contribution in [-0.4, -0.2) is 4.98 Å². The molecular formula is C14H13N3O. The Morgan fingerprint density at radius 2 is 1.78 bits per heavy atom. The number of para-hydroxylation sites is 1. The fourth-order valence-corrected chi connectivity index (χ4v) is 1.95. The summed E-state index contributed by atoms with van der Waals surface area (Å²) in [5, 5.41) is 0. The maximum Gasteiger partial charge on any atom is 0.229 e. The largest absolute Gasteiger partial charge is 0.436 e. The number of anilines is 2. The van der Waals surface area contributed by atoms with E-state index in [-0.39, 0.29) is 0 Å². The molecule has 3 rings (SSSR count). The Morgan fingerprint density at radius 3 is 2.56 bits per heavy atom.